The van der Waals surface area contributed by atoms with Crippen LogP contribution in [0.1, 0.15) is 63.9 Å². The molecule has 0 bridgehead atoms. The molecule has 2 N–H and O–H groups in total. The summed E-state index contributed by atoms with van der Waals surface area (Å²) in [5.74, 6) is -2.15. The number of esters is 2. The van der Waals surface area contributed by atoms with Crippen LogP contribution in [0.4, 0.5) is 5.00 Å². The minimum atomic E-state index is -1.01. The van der Waals surface area contributed by atoms with Gasteiger partial charge in [-0.2, -0.15) is 5.10 Å². The van der Waals surface area contributed by atoms with E-state index in [4.69, 9.17) is 25.8 Å². The number of benzene rings is 2. The van der Waals surface area contributed by atoms with Gasteiger partial charge < -0.3 is 19.5 Å². The molecule has 1 atom stereocenters. The molecule has 1 aliphatic rings. The summed E-state index contributed by atoms with van der Waals surface area (Å²) in [5, 5.41) is 7.21. The highest BCUT2D eigenvalue weighted by molar-refractivity contribution is 7.17. The van der Waals surface area contributed by atoms with Crippen LogP contribution in [-0.4, -0.2) is 43.2 Å². The van der Waals surface area contributed by atoms with E-state index >= 15 is 0 Å². The van der Waals surface area contributed by atoms with Crippen molar-refractivity contribution in [3.63, 3.8) is 0 Å². The van der Waals surface area contributed by atoms with E-state index in [1.807, 2.05) is 0 Å². The number of thiophene rings is 1. The van der Waals surface area contributed by atoms with Gasteiger partial charge in [-0.05, 0) is 92.6 Å². The van der Waals surface area contributed by atoms with Gasteiger partial charge in [0, 0.05) is 9.90 Å². The summed E-state index contributed by atoms with van der Waals surface area (Å²) in [6.07, 6.45) is 3.74. The van der Waals surface area contributed by atoms with Crippen LogP contribution >= 0.6 is 22.9 Å². The fourth-order valence-electron chi connectivity index (χ4n) is 4.34. The average Bonchev–Trinajstić information content (AvgIpc) is 3.31. The number of nitrogens with one attached hydrogen (secondary N) is 2. The molecular formula is C30H30ClN3O7S. The lowest BCUT2D eigenvalue weighted by molar-refractivity contribution is -0.136. The minimum Gasteiger partial charge on any atom is -0.490 e. The minimum absolute atomic E-state index is 0.194. The fourth-order valence-corrected chi connectivity index (χ4v) is 5.86. The van der Waals surface area contributed by atoms with E-state index in [0.29, 0.717) is 45.7 Å². The Morgan fingerprint density at radius 3 is 2.50 bits per heavy atom. The number of ether oxygens (including phenoxy) is 3. The first-order valence-corrected chi connectivity index (χ1v) is 14.6. The Kier molecular flexibility index (Phi) is 10.3. The highest BCUT2D eigenvalue weighted by atomic mass is 35.5. The molecule has 0 saturated heterocycles. The van der Waals surface area contributed by atoms with Crippen LogP contribution in [0.5, 0.6) is 11.5 Å². The van der Waals surface area contributed by atoms with Crippen LogP contribution in [0.2, 0.25) is 5.02 Å². The number of hydrogen-bond donors (Lipinski definition) is 2. The fraction of sp³-hybridized carbons (Fsp3) is 0.300. The van der Waals surface area contributed by atoms with Gasteiger partial charge >= 0.3 is 23.8 Å². The smallest absolute Gasteiger partial charge is 0.343 e. The Balaban J connectivity index is 1.41. The molecule has 0 radical (unpaired) electrons. The second kappa shape index (κ2) is 14.1. The molecule has 1 aliphatic carbocycles. The number of amides is 2. The van der Waals surface area contributed by atoms with E-state index in [1.54, 1.807) is 50.2 Å². The number of hydrazone groups is 1. The normalized spacial score (nSPS) is 14.1. The third-order valence-electron chi connectivity index (χ3n) is 6.35. The number of hydrogen-bond acceptors (Lipinski definition) is 9. The Hall–Kier alpha value is -4.22. The van der Waals surface area contributed by atoms with Crippen LogP contribution < -0.4 is 20.2 Å². The molecule has 4 rings (SSSR count). The molecule has 0 saturated carbocycles. The molecule has 0 fully saturated rings. The van der Waals surface area contributed by atoms with Crippen molar-refractivity contribution in [2.75, 3.05) is 18.5 Å². The maximum Gasteiger partial charge on any atom is 0.343 e. The summed E-state index contributed by atoms with van der Waals surface area (Å²) in [4.78, 5) is 51.4. The topological polar surface area (TPSA) is 132 Å². The SMILES string of the molecule is CCOC(=O)c1c(NC(=O)C(=O)N/N=C\c2ccc(OC(=O)c3ccc(Cl)cc3)c(OCC)c2)sc2c1CC[C@@H](C)C2. The van der Waals surface area contributed by atoms with E-state index < -0.39 is 23.8 Å². The van der Waals surface area contributed by atoms with Gasteiger partial charge in [0.25, 0.3) is 0 Å². The lowest BCUT2D eigenvalue weighted by Crippen LogP contribution is -2.32. The Bertz CT molecular complexity index is 1520. The monoisotopic (exact) mass is 611 g/mol. The van der Waals surface area contributed by atoms with E-state index in [2.05, 4.69) is 22.8 Å². The van der Waals surface area contributed by atoms with Gasteiger partial charge in [-0.15, -0.1) is 11.3 Å². The third-order valence-corrected chi connectivity index (χ3v) is 7.78. The molecule has 1 heterocycles. The van der Waals surface area contributed by atoms with Crippen molar-refractivity contribution in [3.05, 3.63) is 74.6 Å². The van der Waals surface area contributed by atoms with Crippen LogP contribution in [-0.2, 0) is 27.2 Å². The van der Waals surface area contributed by atoms with E-state index in [-0.39, 0.29) is 18.1 Å². The lowest BCUT2D eigenvalue weighted by Gasteiger charge is -2.18. The van der Waals surface area contributed by atoms with Gasteiger partial charge in [0.1, 0.15) is 5.00 Å². The quantitative estimate of drug-likeness (QED) is 0.109. The van der Waals surface area contributed by atoms with Crippen molar-refractivity contribution in [2.24, 2.45) is 11.0 Å². The van der Waals surface area contributed by atoms with Gasteiger partial charge in [0.2, 0.25) is 0 Å². The standard InChI is InChI=1S/C30H30ClN3O7S/c1-4-39-23-15-18(7-13-22(23)41-29(37)19-8-10-20(31)11-9-19)16-32-34-27(36)26(35)33-28-25(30(38)40-5-2)21-12-6-17(3)14-24(21)42-28/h7-11,13,15-17H,4-6,12,14H2,1-3H3,(H,33,35)(H,34,36)/b32-16-/t17-/m1/s1. The van der Waals surface area contributed by atoms with Gasteiger partial charge in [-0.1, -0.05) is 18.5 Å². The lowest BCUT2D eigenvalue weighted by atomic mass is 9.88. The molecule has 2 amide bonds. The summed E-state index contributed by atoms with van der Waals surface area (Å²) >= 11 is 7.17. The van der Waals surface area contributed by atoms with Gasteiger partial charge in [0.15, 0.2) is 11.5 Å². The number of anilines is 1. The number of carbonyl (C=O) groups excluding carboxylic acids is 4. The van der Waals surface area contributed by atoms with Crippen LogP contribution in [0.25, 0.3) is 0 Å². The second-order valence-corrected chi connectivity index (χ2v) is 11.0. The molecule has 0 spiro atoms. The van der Waals surface area contributed by atoms with Crippen molar-refractivity contribution in [1.82, 2.24) is 5.43 Å². The molecule has 0 unspecified atom stereocenters. The summed E-state index contributed by atoms with van der Waals surface area (Å²) in [7, 11) is 0. The summed E-state index contributed by atoms with van der Waals surface area (Å²) in [5.41, 5.74) is 4.20. The number of halogens is 1. The van der Waals surface area contributed by atoms with Gasteiger partial charge in [0.05, 0.1) is 30.6 Å². The molecule has 2 aromatic carbocycles. The molecule has 12 heteroatoms. The first kappa shape index (κ1) is 30.7. The van der Waals surface area contributed by atoms with Crippen molar-refractivity contribution < 1.29 is 33.4 Å². The van der Waals surface area contributed by atoms with Gasteiger partial charge in [-0.25, -0.2) is 15.0 Å². The van der Waals surface area contributed by atoms with Crippen LogP contribution in [0.15, 0.2) is 47.6 Å². The molecule has 3 aromatic rings. The highest BCUT2D eigenvalue weighted by Gasteiger charge is 2.30. The van der Waals surface area contributed by atoms with Crippen molar-refractivity contribution in [1.29, 1.82) is 0 Å². The number of carbonyl (C=O) groups is 4. The molecular weight excluding hydrogens is 582 g/mol. The Morgan fingerprint density at radius 2 is 1.79 bits per heavy atom. The van der Waals surface area contributed by atoms with E-state index in [1.165, 1.54) is 23.6 Å². The van der Waals surface area contributed by atoms with Crippen LogP contribution in [0.3, 0.4) is 0 Å². The zero-order chi connectivity index (χ0) is 30.2. The third kappa shape index (κ3) is 7.54. The molecule has 0 aliphatic heterocycles. The molecule has 42 heavy (non-hydrogen) atoms. The van der Waals surface area contributed by atoms with E-state index in [0.717, 1.165) is 23.3 Å². The van der Waals surface area contributed by atoms with Gasteiger partial charge in [-0.3, -0.25) is 9.59 Å². The second-order valence-electron chi connectivity index (χ2n) is 9.47. The summed E-state index contributed by atoms with van der Waals surface area (Å²) < 4.78 is 16.3. The summed E-state index contributed by atoms with van der Waals surface area (Å²) in [6.45, 7) is 6.12. The molecule has 1 aromatic heterocycles. The average molecular weight is 612 g/mol. The van der Waals surface area contributed by atoms with Crippen molar-refractivity contribution in [2.45, 2.75) is 40.0 Å². The largest absolute Gasteiger partial charge is 0.490 e. The van der Waals surface area contributed by atoms with Crippen LogP contribution in [0, 0.1) is 5.92 Å². The van der Waals surface area contributed by atoms with Crippen molar-refractivity contribution in [3.8, 4) is 11.5 Å². The Labute approximate surface area is 252 Å². The molecule has 10 nitrogen and oxygen atoms in total. The number of fused-ring (bicyclic) bond motifs is 1. The predicted octanol–water partition coefficient (Wildman–Crippen LogP) is 5.41. The maximum atomic E-state index is 12.7. The predicted molar refractivity (Wildman–Crippen MR) is 160 cm³/mol. The highest BCUT2D eigenvalue weighted by Crippen LogP contribution is 2.40. The zero-order valence-electron chi connectivity index (χ0n) is 23.3. The first-order valence-electron chi connectivity index (χ1n) is 13.4. The first-order chi connectivity index (χ1) is 20.2. The number of nitrogens with zero attached hydrogens (tertiary/aromatic N) is 1. The Morgan fingerprint density at radius 1 is 1.02 bits per heavy atom. The van der Waals surface area contributed by atoms with E-state index in [9.17, 15) is 19.2 Å². The van der Waals surface area contributed by atoms with Crippen molar-refractivity contribution >= 4 is 57.9 Å². The summed E-state index contributed by atoms with van der Waals surface area (Å²) in [6, 6.07) is 11.0. The zero-order valence-corrected chi connectivity index (χ0v) is 24.9. The molecule has 220 valence electrons. The number of rotatable bonds is 9. The maximum absolute atomic E-state index is 12.7.